The molecule has 1 amide bonds. The molecule has 0 aliphatic rings. The van der Waals surface area contributed by atoms with Crippen molar-refractivity contribution in [3.05, 3.63) is 66.2 Å². The Morgan fingerprint density at radius 1 is 0.926 bits per heavy atom. The second-order valence-corrected chi connectivity index (χ2v) is 6.05. The number of nitrogens with zero attached hydrogens (tertiary/aromatic N) is 4. The van der Waals surface area contributed by atoms with E-state index in [-0.39, 0.29) is 18.7 Å². The molecule has 0 atom stereocenters. The molecule has 0 fully saturated rings. The number of fused-ring (bicyclic) bond motifs is 1. The zero-order valence-electron chi connectivity index (χ0n) is 14.8. The van der Waals surface area contributed by atoms with Gasteiger partial charge in [0.05, 0.1) is 41.8 Å². The number of nitriles is 2. The first-order chi connectivity index (χ1) is 13.2. The van der Waals surface area contributed by atoms with Gasteiger partial charge >= 0.3 is 0 Å². The predicted molar refractivity (Wildman–Crippen MR) is 104 cm³/mol. The van der Waals surface area contributed by atoms with Gasteiger partial charge in [0.25, 0.3) is 5.91 Å². The number of amides is 1. The van der Waals surface area contributed by atoms with Crippen LogP contribution in [0.3, 0.4) is 0 Å². The molecule has 3 aromatic rings. The van der Waals surface area contributed by atoms with Crippen molar-refractivity contribution >= 4 is 16.8 Å². The molecule has 132 valence electrons. The monoisotopic (exact) mass is 354 g/mol. The lowest BCUT2D eigenvalue weighted by Crippen LogP contribution is -2.33. The molecule has 2 aromatic carbocycles. The number of hydrogen-bond acceptors (Lipinski definition) is 4. The van der Waals surface area contributed by atoms with Crippen LogP contribution in [0.1, 0.15) is 23.2 Å². The number of pyridine rings is 1. The first-order valence-electron chi connectivity index (χ1n) is 8.73. The van der Waals surface area contributed by atoms with E-state index < -0.39 is 0 Å². The Morgan fingerprint density at radius 2 is 1.56 bits per heavy atom. The van der Waals surface area contributed by atoms with Crippen LogP contribution in [0.4, 0.5) is 0 Å². The summed E-state index contributed by atoms with van der Waals surface area (Å²) in [5.41, 5.74) is 2.93. The van der Waals surface area contributed by atoms with E-state index in [0.29, 0.717) is 18.7 Å². The molecule has 0 saturated carbocycles. The summed E-state index contributed by atoms with van der Waals surface area (Å²) in [7, 11) is 0. The van der Waals surface area contributed by atoms with Gasteiger partial charge in [0.1, 0.15) is 0 Å². The fourth-order valence-electron chi connectivity index (χ4n) is 2.96. The Bertz CT molecular complexity index is 1010. The Kier molecular flexibility index (Phi) is 5.77. The molecular weight excluding hydrogens is 336 g/mol. The number of aromatic nitrogens is 1. The molecule has 1 aromatic heterocycles. The average molecular weight is 354 g/mol. The standard InChI is InChI=1S/C22H18N4O/c23-12-6-14-26(15-7-13-24)22(27)19-16-21(17-8-2-1-3-9-17)25-20-11-5-4-10-18(19)20/h1-5,8-11,16H,6-7,14-15H2. The van der Waals surface area contributed by atoms with Crippen molar-refractivity contribution in [2.75, 3.05) is 13.1 Å². The summed E-state index contributed by atoms with van der Waals surface area (Å²) in [5.74, 6) is -0.184. The SMILES string of the molecule is N#CCCN(CCC#N)C(=O)c1cc(-c2ccccc2)nc2ccccc12. The lowest BCUT2D eigenvalue weighted by Gasteiger charge is -2.21. The highest BCUT2D eigenvalue weighted by Crippen LogP contribution is 2.26. The van der Waals surface area contributed by atoms with Gasteiger partial charge in [-0.2, -0.15) is 10.5 Å². The van der Waals surface area contributed by atoms with Crippen LogP contribution in [0.5, 0.6) is 0 Å². The molecule has 0 saturated heterocycles. The molecule has 5 nitrogen and oxygen atoms in total. The summed E-state index contributed by atoms with van der Waals surface area (Å²) in [4.78, 5) is 19.5. The Labute approximate surface area is 158 Å². The number of hydrogen-bond donors (Lipinski definition) is 0. The van der Waals surface area contributed by atoms with Crippen molar-refractivity contribution in [2.24, 2.45) is 0 Å². The van der Waals surface area contributed by atoms with Gasteiger partial charge in [-0.05, 0) is 12.1 Å². The fourth-order valence-corrected chi connectivity index (χ4v) is 2.96. The third kappa shape index (κ3) is 4.11. The lowest BCUT2D eigenvalue weighted by molar-refractivity contribution is 0.0764. The van der Waals surface area contributed by atoms with Crippen LogP contribution >= 0.6 is 0 Å². The smallest absolute Gasteiger partial charge is 0.254 e. The summed E-state index contributed by atoms with van der Waals surface area (Å²) in [6, 6.07) is 23.1. The molecule has 0 aliphatic heterocycles. The van der Waals surface area contributed by atoms with E-state index in [9.17, 15) is 4.79 Å². The fraction of sp³-hybridized carbons (Fsp3) is 0.182. The first kappa shape index (κ1) is 18.1. The third-order valence-corrected chi connectivity index (χ3v) is 4.29. The minimum Gasteiger partial charge on any atom is -0.337 e. The van der Waals surface area contributed by atoms with Crippen LogP contribution < -0.4 is 0 Å². The highest BCUT2D eigenvalue weighted by Gasteiger charge is 2.19. The van der Waals surface area contributed by atoms with E-state index in [1.54, 1.807) is 11.0 Å². The van der Waals surface area contributed by atoms with Gasteiger partial charge in [0, 0.05) is 24.0 Å². The predicted octanol–water partition coefficient (Wildman–Crippen LogP) is 4.17. The quantitative estimate of drug-likeness (QED) is 0.665. The van der Waals surface area contributed by atoms with Gasteiger partial charge in [0.2, 0.25) is 0 Å². The van der Waals surface area contributed by atoms with Crippen molar-refractivity contribution < 1.29 is 4.79 Å². The molecule has 0 bridgehead atoms. The van der Waals surface area contributed by atoms with Crippen LogP contribution in [0.25, 0.3) is 22.2 Å². The first-order valence-corrected chi connectivity index (χ1v) is 8.73. The Hall–Kier alpha value is -3.70. The van der Waals surface area contributed by atoms with Crippen LogP contribution in [-0.4, -0.2) is 28.9 Å². The van der Waals surface area contributed by atoms with Gasteiger partial charge in [-0.1, -0.05) is 48.5 Å². The maximum absolute atomic E-state index is 13.2. The van der Waals surface area contributed by atoms with E-state index >= 15 is 0 Å². The summed E-state index contributed by atoms with van der Waals surface area (Å²) in [6.45, 7) is 0.600. The molecule has 5 heteroatoms. The molecule has 3 rings (SSSR count). The largest absolute Gasteiger partial charge is 0.337 e. The van der Waals surface area contributed by atoms with E-state index in [4.69, 9.17) is 15.5 Å². The molecule has 0 spiro atoms. The van der Waals surface area contributed by atoms with Crippen molar-refractivity contribution in [2.45, 2.75) is 12.8 Å². The number of carbonyl (C=O) groups is 1. The summed E-state index contributed by atoms with van der Waals surface area (Å²) >= 11 is 0. The normalized spacial score (nSPS) is 10.1. The van der Waals surface area contributed by atoms with Gasteiger partial charge in [-0.25, -0.2) is 4.98 Å². The van der Waals surface area contributed by atoms with E-state index in [1.165, 1.54) is 0 Å². The van der Waals surface area contributed by atoms with E-state index in [2.05, 4.69) is 12.1 Å². The molecule has 27 heavy (non-hydrogen) atoms. The second-order valence-electron chi connectivity index (χ2n) is 6.05. The third-order valence-electron chi connectivity index (χ3n) is 4.29. The summed E-state index contributed by atoms with van der Waals surface area (Å²) < 4.78 is 0. The maximum Gasteiger partial charge on any atom is 0.254 e. The minimum absolute atomic E-state index is 0.184. The second kappa shape index (κ2) is 8.60. The minimum atomic E-state index is -0.184. The highest BCUT2D eigenvalue weighted by atomic mass is 16.2. The van der Waals surface area contributed by atoms with Gasteiger partial charge in [0.15, 0.2) is 0 Å². The van der Waals surface area contributed by atoms with Crippen molar-refractivity contribution in [1.29, 1.82) is 10.5 Å². The van der Waals surface area contributed by atoms with Gasteiger partial charge < -0.3 is 4.90 Å². The van der Waals surface area contributed by atoms with E-state index in [1.807, 2.05) is 54.6 Å². The van der Waals surface area contributed by atoms with Gasteiger partial charge in [-0.3, -0.25) is 4.79 Å². The molecule has 0 aliphatic carbocycles. The summed E-state index contributed by atoms with van der Waals surface area (Å²) in [5, 5.41) is 18.6. The van der Waals surface area contributed by atoms with Crippen LogP contribution in [0.15, 0.2) is 60.7 Å². The molecule has 0 unspecified atom stereocenters. The molecular formula is C22H18N4O. The van der Waals surface area contributed by atoms with Gasteiger partial charge in [-0.15, -0.1) is 0 Å². The highest BCUT2D eigenvalue weighted by molar-refractivity contribution is 6.07. The van der Waals surface area contributed by atoms with Crippen molar-refractivity contribution in [3.63, 3.8) is 0 Å². The maximum atomic E-state index is 13.2. The van der Waals surface area contributed by atoms with E-state index in [0.717, 1.165) is 22.2 Å². The van der Waals surface area contributed by atoms with Crippen LogP contribution in [-0.2, 0) is 0 Å². The Balaban J connectivity index is 2.09. The van der Waals surface area contributed by atoms with Crippen molar-refractivity contribution in [1.82, 2.24) is 9.88 Å². The number of para-hydroxylation sites is 1. The van der Waals surface area contributed by atoms with Crippen molar-refractivity contribution in [3.8, 4) is 23.4 Å². The average Bonchev–Trinajstić information content (AvgIpc) is 2.73. The number of benzene rings is 2. The number of rotatable bonds is 6. The zero-order valence-corrected chi connectivity index (χ0v) is 14.8. The van der Waals surface area contributed by atoms with Crippen LogP contribution in [0, 0.1) is 22.7 Å². The zero-order chi connectivity index (χ0) is 19.1. The molecule has 0 N–H and O–H groups in total. The summed E-state index contributed by atoms with van der Waals surface area (Å²) in [6.07, 6.45) is 0.456. The topological polar surface area (TPSA) is 80.8 Å². The lowest BCUT2D eigenvalue weighted by atomic mass is 10.0. The number of carbonyl (C=O) groups excluding carboxylic acids is 1. The molecule has 1 heterocycles. The molecule has 0 radical (unpaired) electrons. The van der Waals surface area contributed by atoms with Crippen LogP contribution in [0.2, 0.25) is 0 Å². The Morgan fingerprint density at radius 3 is 2.22 bits per heavy atom.